The van der Waals surface area contributed by atoms with Crippen LogP contribution in [0, 0.1) is 0 Å². The third-order valence-corrected chi connectivity index (χ3v) is 2.54. The standard InChI is InChI=1S/C13H9N3O3/c1-19-13(18)9-6-8-4-2-3-5-10(8)16-12(9)11(17)7-15-14/h2-7H,1H3. The lowest BCUT2D eigenvalue weighted by Gasteiger charge is -2.05. The molecule has 19 heavy (non-hydrogen) atoms. The number of nitrogens with zero attached hydrogens (tertiary/aromatic N) is 3. The molecule has 0 saturated carbocycles. The van der Waals surface area contributed by atoms with Crippen molar-refractivity contribution in [3.63, 3.8) is 0 Å². The number of benzene rings is 1. The summed E-state index contributed by atoms with van der Waals surface area (Å²) in [6, 6.07) is 8.56. The van der Waals surface area contributed by atoms with Crippen molar-refractivity contribution < 1.29 is 19.1 Å². The number of rotatable bonds is 3. The van der Waals surface area contributed by atoms with Crippen molar-refractivity contribution in [2.45, 2.75) is 0 Å². The molecule has 0 aliphatic heterocycles. The van der Waals surface area contributed by atoms with Gasteiger partial charge in [-0.3, -0.25) is 4.79 Å². The van der Waals surface area contributed by atoms with E-state index in [9.17, 15) is 9.59 Å². The summed E-state index contributed by atoms with van der Waals surface area (Å²) in [5.74, 6) is -1.35. The molecule has 0 aliphatic rings. The van der Waals surface area contributed by atoms with Crippen molar-refractivity contribution in [1.82, 2.24) is 4.98 Å². The Balaban J connectivity index is 2.74. The molecule has 94 valence electrons. The molecule has 0 unspecified atom stereocenters. The molecule has 0 bridgehead atoms. The SMILES string of the molecule is COC(=O)c1cc2ccccc2nc1C(=O)C=[N+]=[N-]. The van der Waals surface area contributed by atoms with Gasteiger partial charge >= 0.3 is 12.2 Å². The number of hydrogen-bond acceptors (Lipinski definition) is 4. The number of pyridine rings is 1. The Bertz CT molecular complexity index is 718. The number of aromatic nitrogens is 1. The van der Waals surface area contributed by atoms with Crippen molar-refractivity contribution in [1.29, 1.82) is 0 Å². The summed E-state index contributed by atoms with van der Waals surface area (Å²) in [4.78, 5) is 30.2. The van der Waals surface area contributed by atoms with Gasteiger partial charge < -0.3 is 10.3 Å². The quantitative estimate of drug-likeness (QED) is 0.273. The van der Waals surface area contributed by atoms with Crippen molar-refractivity contribution in [2.24, 2.45) is 0 Å². The molecule has 0 amide bonds. The van der Waals surface area contributed by atoms with Gasteiger partial charge in [0.1, 0.15) is 5.69 Å². The zero-order chi connectivity index (χ0) is 13.8. The van der Waals surface area contributed by atoms with E-state index < -0.39 is 11.8 Å². The number of hydrogen-bond donors (Lipinski definition) is 0. The number of carbonyl (C=O) groups excluding carboxylic acids is 2. The molecule has 0 fully saturated rings. The normalized spacial score (nSPS) is 9.74. The molecule has 0 radical (unpaired) electrons. The van der Waals surface area contributed by atoms with Gasteiger partial charge in [-0.15, -0.1) is 0 Å². The van der Waals surface area contributed by atoms with Crippen LogP contribution < -0.4 is 0 Å². The largest absolute Gasteiger partial charge is 0.465 e. The lowest BCUT2D eigenvalue weighted by Crippen LogP contribution is -2.14. The number of ether oxygens (including phenoxy) is 1. The van der Waals surface area contributed by atoms with E-state index in [1.807, 2.05) is 0 Å². The summed E-state index contributed by atoms with van der Waals surface area (Å²) in [5.41, 5.74) is 8.89. The molecule has 0 N–H and O–H groups in total. The molecule has 2 rings (SSSR count). The third kappa shape index (κ3) is 2.38. The average Bonchev–Trinajstić information content (AvgIpc) is 2.45. The minimum Gasteiger partial charge on any atom is -0.465 e. The molecule has 0 spiro atoms. The van der Waals surface area contributed by atoms with Gasteiger partial charge in [-0.1, -0.05) is 18.2 Å². The fraction of sp³-hybridized carbons (Fsp3) is 0.0769. The zero-order valence-electron chi connectivity index (χ0n) is 10.0. The second-order valence-electron chi connectivity index (χ2n) is 3.68. The zero-order valence-corrected chi connectivity index (χ0v) is 10.0. The Labute approximate surface area is 108 Å². The minimum absolute atomic E-state index is 0.0334. The number of fused-ring (bicyclic) bond motifs is 1. The summed E-state index contributed by atoms with van der Waals surface area (Å²) in [6.45, 7) is 0. The molecule has 1 heterocycles. The summed E-state index contributed by atoms with van der Waals surface area (Å²) in [5, 5.41) is 0.709. The van der Waals surface area contributed by atoms with Gasteiger partial charge in [0.05, 0.1) is 18.2 Å². The van der Waals surface area contributed by atoms with E-state index >= 15 is 0 Å². The minimum atomic E-state index is -0.673. The van der Waals surface area contributed by atoms with E-state index in [0.717, 1.165) is 0 Å². The second kappa shape index (κ2) is 5.20. The lowest BCUT2D eigenvalue weighted by molar-refractivity contribution is 0.00229. The van der Waals surface area contributed by atoms with E-state index in [0.29, 0.717) is 17.1 Å². The van der Waals surface area contributed by atoms with Gasteiger partial charge in [0.25, 0.3) is 5.78 Å². The van der Waals surface area contributed by atoms with Crippen LogP contribution in [-0.4, -0.2) is 34.9 Å². The Morgan fingerprint density at radius 3 is 2.79 bits per heavy atom. The second-order valence-corrected chi connectivity index (χ2v) is 3.68. The first-order chi connectivity index (χ1) is 9.17. The summed E-state index contributed by atoms with van der Waals surface area (Å²) < 4.78 is 4.62. The molecule has 0 aliphatic carbocycles. The van der Waals surface area contributed by atoms with E-state index in [-0.39, 0.29) is 11.3 Å². The van der Waals surface area contributed by atoms with Crippen LogP contribution in [0.4, 0.5) is 0 Å². The van der Waals surface area contributed by atoms with E-state index in [2.05, 4.69) is 14.5 Å². The van der Waals surface area contributed by atoms with Crippen LogP contribution in [0.5, 0.6) is 0 Å². The van der Waals surface area contributed by atoms with Crippen LogP contribution in [0.1, 0.15) is 20.8 Å². The fourth-order valence-corrected chi connectivity index (χ4v) is 1.68. The van der Waals surface area contributed by atoms with Gasteiger partial charge in [-0.05, 0) is 12.1 Å². The fourth-order valence-electron chi connectivity index (χ4n) is 1.68. The van der Waals surface area contributed by atoms with Gasteiger partial charge in [0.2, 0.25) is 0 Å². The number of esters is 1. The number of Topliss-reactive ketones (excluding diaryl/α,β-unsaturated/α-hetero) is 1. The Kier molecular flexibility index (Phi) is 3.45. The van der Waals surface area contributed by atoms with Gasteiger partial charge in [0.15, 0.2) is 0 Å². The van der Waals surface area contributed by atoms with Crippen LogP contribution in [-0.2, 0) is 4.74 Å². The molecule has 6 nitrogen and oxygen atoms in total. The molecular weight excluding hydrogens is 246 g/mol. The summed E-state index contributed by atoms with van der Waals surface area (Å²) >= 11 is 0. The molecular formula is C13H9N3O3. The highest BCUT2D eigenvalue weighted by Crippen LogP contribution is 2.17. The number of carbonyl (C=O) groups is 2. The molecule has 6 heteroatoms. The maximum Gasteiger partial charge on any atom is 0.340 e. The average molecular weight is 255 g/mol. The number of para-hydroxylation sites is 1. The first-order valence-corrected chi connectivity index (χ1v) is 5.37. The summed E-state index contributed by atoms with van der Waals surface area (Å²) in [7, 11) is 1.21. The van der Waals surface area contributed by atoms with Crippen molar-refractivity contribution in [3.8, 4) is 0 Å². The number of methoxy groups -OCH3 is 1. The van der Waals surface area contributed by atoms with Crippen molar-refractivity contribution in [2.75, 3.05) is 7.11 Å². The first kappa shape index (κ1) is 12.6. The van der Waals surface area contributed by atoms with Gasteiger partial charge in [-0.2, -0.15) is 4.79 Å². The summed E-state index contributed by atoms with van der Waals surface area (Å²) in [6.07, 6.45) is 0.684. The Hall–Kier alpha value is -2.85. The molecule has 2 aromatic rings. The molecule has 1 aromatic carbocycles. The predicted molar refractivity (Wildman–Crippen MR) is 67.1 cm³/mol. The van der Waals surface area contributed by atoms with E-state index in [1.165, 1.54) is 13.2 Å². The van der Waals surface area contributed by atoms with Crippen LogP contribution >= 0.6 is 0 Å². The smallest absolute Gasteiger partial charge is 0.340 e. The lowest BCUT2D eigenvalue weighted by atomic mass is 10.1. The monoisotopic (exact) mass is 255 g/mol. The van der Waals surface area contributed by atoms with Gasteiger partial charge in [0, 0.05) is 5.39 Å². The first-order valence-electron chi connectivity index (χ1n) is 5.37. The van der Waals surface area contributed by atoms with Crippen LogP contribution in [0.25, 0.3) is 16.4 Å². The van der Waals surface area contributed by atoms with Crippen molar-refractivity contribution in [3.05, 3.63) is 47.1 Å². The van der Waals surface area contributed by atoms with Crippen LogP contribution in [0.3, 0.4) is 0 Å². The van der Waals surface area contributed by atoms with E-state index in [1.54, 1.807) is 24.3 Å². The maximum absolute atomic E-state index is 11.7. The topological polar surface area (TPSA) is 92.7 Å². The van der Waals surface area contributed by atoms with E-state index in [4.69, 9.17) is 5.53 Å². The Morgan fingerprint density at radius 1 is 1.37 bits per heavy atom. The molecule has 0 atom stereocenters. The molecule has 0 saturated heterocycles. The van der Waals surface area contributed by atoms with Gasteiger partial charge in [-0.25, -0.2) is 9.78 Å². The highest BCUT2D eigenvalue weighted by Gasteiger charge is 2.21. The third-order valence-electron chi connectivity index (χ3n) is 2.54. The maximum atomic E-state index is 11.7. The van der Waals surface area contributed by atoms with Crippen LogP contribution in [0.2, 0.25) is 0 Å². The number of ketones is 1. The highest BCUT2D eigenvalue weighted by atomic mass is 16.5. The van der Waals surface area contributed by atoms with Crippen LogP contribution in [0.15, 0.2) is 30.3 Å². The predicted octanol–water partition coefficient (Wildman–Crippen LogP) is 1.50. The molecule has 1 aromatic heterocycles. The Morgan fingerprint density at radius 2 is 2.11 bits per heavy atom. The highest BCUT2D eigenvalue weighted by molar-refractivity contribution is 6.34. The van der Waals surface area contributed by atoms with Crippen molar-refractivity contribution >= 4 is 28.9 Å².